The zero-order chi connectivity index (χ0) is 16.1. The highest BCUT2D eigenvalue weighted by atomic mass is 16.5. The second-order valence-corrected chi connectivity index (χ2v) is 6.05. The van der Waals surface area contributed by atoms with Gasteiger partial charge >= 0.3 is 0 Å². The van der Waals surface area contributed by atoms with Crippen molar-refractivity contribution in [1.29, 1.82) is 0 Å². The summed E-state index contributed by atoms with van der Waals surface area (Å²) in [5, 5.41) is 3.70. The zero-order valence-corrected chi connectivity index (χ0v) is 13.3. The summed E-state index contributed by atoms with van der Waals surface area (Å²) in [4.78, 5) is 6.89. The topological polar surface area (TPSA) is 40.8 Å². The van der Waals surface area contributed by atoms with Gasteiger partial charge in [0, 0.05) is 27.9 Å². The maximum atomic E-state index is 5.35. The first kappa shape index (κ1) is 13.3. The summed E-state index contributed by atoms with van der Waals surface area (Å²) < 4.78 is 5.35. The minimum Gasteiger partial charge on any atom is -0.497 e. The summed E-state index contributed by atoms with van der Waals surface area (Å²) in [6, 6.07) is 21.2. The van der Waals surface area contributed by atoms with Crippen molar-refractivity contribution in [3.8, 4) is 16.9 Å². The van der Waals surface area contributed by atoms with Crippen LogP contribution in [0.2, 0.25) is 0 Å². The molecule has 0 saturated carbocycles. The number of hydrogen-bond donors (Lipinski definition) is 2. The van der Waals surface area contributed by atoms with Crippen LogP contribution in [0.5, 0.6) is 5.75 Å². The molecule has 5 rings (SSSR count). The van der Waals surface area contributed by atoms with Crippen molar-refractivity contribution in [2.45, 2.75) is 0 Å². The van der Waals surface area contributed by atoms with Crippen LogP contribution in [-0.2, 0) is 0 Å². The third-order valence-electron chi connectivity index (χ3n) is 4.70. The molecule has 0 atom stereocenters. The summed E-state index contributed by atoms with van der Waals surface area (Å²) in [6.07, 6.45) is 1.98. The maximum absolute atomic E-state index is 5.35. The van der Waals surface area contributed by atoms with Gasteiger partial charge in [-0.1, -0.05) is 30.3 Å². The number of rotatable bonds is 2. The third-order valence-corrected chi connectivity index (χ3v) is 4.70. The van der Waals surface area contributed by atoms with Gasteiger partial charge in [-0.15, -0.1) is 0 Å². The standard InChI is InChI=1S/C21H16N2O/c1-24-16-4-2-3-14(11-16)15-6-8-19-18(12-15)17-7-5-13-9-10-22-20(13)21(17)23-19/h2-12,22-23H,1H3. The number of ether oxygens (including phenoxy) is 1. The Labute approximate surface area is 138 Å². The highest BCUT2D eigenvalue weighted by Gasteiger charge is 2.10. The summed E-state index contributed by atoms with van der Waals surface area (Å²) in [7, 11) is 1.70. The van der Waals surface area contributed by atoms with Gasteiger partial charge < -0.3 is 14.7 Å². The van der Waals surface area contributed by atoms with E-state index in [9.17, 15) is 0 Å². The van der Waals surface area contributed by atoms with E-state index < -0.39 is 0 Å². The Morgan fingerprint density at radius 3 is 2.62 bits per heavy atom. The largest absolute Gasteiger partial charge is 0.497 e. The fourth-order valence-electron chi connectivity index (χ4n) is 3.48. The molecule has 24 heavy (non-hydrogen) atoms. The van der Waals surface area contributed by atoms with E-state index in [1.807, 2.05) is 18.3 Å². The van der Waals surface area contributed by atoms with Crippen LogP contribution >= 0.6 is 0 Å². The quantitative estimate of drug-likeness (QED) is 0.445. The van der Waals surface area contributed by atoms with Crippen molar-refractivity contribution < 1.29 is 4.74 Å². The number of benzene rings is 3. The number of aromatic nitrogens is 2. The molecule has 0 aliphatic rings. The van der Waals surface area contributed by atoms with Crippen LogP contribution in [0.15, 0.2) is 66.9 Å². The van der Waals surface area contributed by atoms with Crippen LogP contribution < -0.4 is 4.74 Å². The Hall–Kier alpha value is -3.20. The molecule has 3 nitrogen and oxygen atoms in total. The number of nitrogens with one attached hydrogen (secondary N) is 2. The van der Waals surface area contributed by atoms with Gasteiger partial charge in [0.05, 0.1) is 18.1 Å². The summed E-state index contributed by atoms with van der Waals surface area (Å²) in [5.41, 5.74) is 5.82. The Bertz CT molecular complexity index is 1200. The van der Waals surface area contributed by atoms with E-state index in [1.165, 1.54) is 21.7 Å². The second-order valence-electron chi connectivity index (χ2n) is 6.05. The fourth-order valence-corrected chi connectivity index (χ4v) is 3.48. The molecular formula is C21H16N2O. The number of H-pyrrole nitrogens is 2. The van der Waals surface area contributed by atoms with Crippen molar-refractivity contribution in [2.75, 3.05) is 7.11 Å². The van der Waals surface area contributed by atoms with Gasteiger partial charge in [0.15, 0.2) is 0 Å². The van der Waals surface area contributed by atoms with E-state index in [2.05, 4.69) is 58.5 Å². The lowest BCUT2D eigenvalue weighted by atomic mass is 10.0. The van der Waals surface area contributed by atoms with Gasteiger partial charge in [-0.25, -0.2) is 0 Å². The average molecular weight is 312 g/mol. The first-order chi connectivity index (χ1) is 11.8. The van der Waals surface area contributed by atoms with Crippen LogP contribution in [0, 0.1) is 0 Å². The van der Waals surface area contributed by atoms with Gasteiger partial charge in [-0.3, -0.25) is 0 Å². The monoisotopic (exact) mass is 312 g/mol. The lowest BCUT2D eigenvalue weighted by Gasteiger charge is -2.05. The molecule has 3 heteroatoms. The van der Waals surface area contributed by atoms with Gasteiger partial charge in [0.2, 0.25) is 0 Å². The van der Waals surface area contributed by atoms with Gasteiger partial charge in [0.25, 0.3) is 0 Å². The van der Waals surface area contributed by atoms with E-state index >= 15 is 0 Å². The molecule has 0 bridgehead atoms. The van der Waals surface area contributed by atoms with E-state index in [0.717, 1.165) is 27.9 Å². The molecule has 5 aromatic rings. The van der Waals surface area contributed by atoms with Crippen LogP contribution in [0.4, 0.5) is 0 Å². The number of fused-ring (bicyclic) bond motifs is 5. The van der Waals surface area contributed by atoms with Crippen LogP contribution in [0.3, 0.4) is 0 Å². The highest BCUT2D eigenvalue weighted by Crippen LogP contribution is 2.33. The van der Waals surface area contributed by atoms with Crippen LogP contribution in [-0.4, -0.2) is 17.1 Å². The Morgan fingerprint density at radius 1 is 0.792 bits per heavy atom. The van der Waals surface area contributed by atoms with E-state index in [-0.39, 0.29) is 0 Å². The zero-order valence-electron chi connectivity index (χ0n) is 13.3. The van der Waals surface area contributed by atoms with Crippen molar-refractivity contribution in [3.05, 3.63) is 66.9 Å². The maximum Gasteiger partial charge on any atom is 0.119 e. The summed E-state index contributed by atoms with van der Waals surface area (Å²) in [5.74, 6) is 0.875. The molecule has 0 aliphatic heterocycles. The van der Waals surface area contributed by atoms with E-state index in [0.29, 0.717) is 0 Å². The van der Waals surface area contributed by atoms with Crippen molar-refractivity contribution in [1.82, 2.24) is 9.97 Å². The van der Waals surface area contributed by atoms with E-state index in [1.54, 1.807) is 7.11 Å². The summed E-state index contributed by atoms with van der Waals surface area (Å²) in [6.45, 7) is 0. The first-order valence-electron chi connectivity index (χ1n) is 7.99. The molecule has 2 aromatic heterocycles. The smallest absolute Gasteiger partial charge is 0.119 e. The Morgan fingerprint density at radius 2 is 1.71 bits per heavy atom. The molecule has 2 heterocycles. The normalized spacial score (nSPS) is 11.5. The highest BCUT2D eigenvalue weighted by molar-refractivity contribution is 6.16. The van der Waals surface area contributed by atoms with Gasteiger partial charge in [0.1, 0.15) is 5.75 Å². The van der Waals surface area contributed by atoms with E-state index in [4.69, 9.17) is 4.74 Å². The molecule has 0 saturated heterocycles. The van der Waals surface area contributed by atoms with Gasteiger partial charge in [-0.2, -0.15) is 0 Å². The Kier molecular flexibility index (Phi) is 2.71. The molecule has 0 amide bonds. The van der Waals surface area contributed by atoms with Crippen molar-refractivity contribution in [2.24, 2.45) is 0 Å². The minimum absolute atomic E-state index is 0.875. The Balaban J connectivity index is 1.78. The molecular weight excluding hydrogens is 296 g/mol. The van der Waals surface area contributed by atoms with Crippen LogP contribution in [0.1, 0.15) is 0 Å². The lowest BCUT2D eigenvalue weighted by Crippen LogP contribution is -1.83. The predicted octanol–water partition coefficient (Wildman–Crippen LogP) is 5.48. The second kappa shape index (κ2) is 4.90. The van der Waals surface area contributed by atoms with Crippen molar-refractivity contribution in [3.63, 3.8) is 0 Å². The molecule has 0 aliphatic carbocycles. The molecule has 3 aromatic carbocycles. The third kappa shape index (κ3) is 1.85. The first-order valence-corrected chi connectivity index (χ1v) is 7.99. The molecule has 0 fully saturated rings. The fraction of sp³-hybridized carbons (Fsp3) is 0.0476. The molecule has 0 spiro atoms. The molecule has 0 radical (unpaired) electrons. The number of aromatic amines is 2. The minimum atomic E-state index is 0.875. The number of methoxy groups -OCH3 is 1. The van der Waals surface area contributed by atoms with Crippen LogP contribution in [0.25, 0.3) is 43.8 Å². The molecule has 2 N–H and O–H groups in total. The van der Waals surface area contributed by atoms with Crippen molar-refractivity contribution >= 4 is 32.7 Å². The number of hydrogen-bond acceptors (Lipinski definition) is 1. The average Bonchev–Trinajstić information content (AvgIpc) is 3.25. The van der Waals surface area contributed by atoms with Gasteiger partial charge in [-0.05, 0) is 41.5 Å². The predicted molar refractivity (Wildman–Crippen MR) is 99.6 cm³/mol. The SMILES string of the molecule is COc1cccc(-c2ccc3[nH]c4c(ccc5cc[nH]c54)c3c2)c1. The summed E-state index contributed by atoms with van der Waals surface area (Å²) >= 11 is 0. The molecule has 116 valence electrons. The lowest BCUT2D eigenvalue weighted by molar-refractivity contribution is 0.415. The molecule has 0 unspecified atom stereocenters.